The SMILES string of the molecule is CC(C)(C)N(C(=O)O)C1(CC=O)CC1. The molecule has 0 atom stereocenters. The summed E-state index contributed by atoms with van der Waals surface area (Å²) in [4.78, 5) is 23.0. The lowest BCUT2D eigenvalue weighted by Crippen LogP contribution is -2.52. The molecule has 1 saturated carbocycles. The topological polar surface area (TPSA) is 57.6 Å². The Kier molecular flexibility index (Phi) is 2.56. The summed E-state index contributed by atoms with van der Waals surface area (Å²) >= 11 is 0. The van der Waals surface area contributed by atoms with Crippen molar-refractivity contribution < 1.29 is 14.7 Å². The van der Waals surface area contributed by atoms with Crippen LogP contribution in [0.4, 0.5) is 4.79 Å². The summed E-state index contributed by atoms with van der Waals surface area (Å²) in [5, 5.41) is 9.12. The molecule has 0 aliphatic heterocycles. The van der Waals surface area contributed by atoms with Gasteiger partial charge in [-0.2, -0.15) is 0 Å². The first-order valence-corrected chi connectivity index (χ1v) is 4.80. The number of amides is 1. The molecule has 0 saturated heterocycles. The average Bonchev–Trinajstić information content (AvgIpc) is 2.65. The Morgan fingerprint density at radius 1 is 1.50 bits per heavy atom. The van der Waals surface area contributed by atoms with Crippen molar-refractivity contribution in [2.45, 2.75) is 51.1 Å². The highest BCUT2D eigenvalue weighted by Crippen LogP contribution is 2.47. The van der Waals surface area contributed by atoms with E-state index in [1.54, 1.807) is 0 Å². The second-order valence-electron chi connectivity index (χ2n) is 4.88. The van der Waals surface area contributed by atoms with E-state index in [1.165, 1.54) is 4.90 Å². The van der Waals surface area contributed by atoms with Crippen molar-refractivity contribution in [3.05, 3.63) is 0 Å². The van der Waals surface area contributed by atoms with Crippen LogP contribution >= 0.6 is 0 Å². The smallest absolute Gasteiger partial charge is 0.408 e. The van der Waals surface area contributed by atoms with Crippen LogP contribution in [0.1, 0.15) is 40.0 Å². The Labute approximate surface area is 83.9 Å². The number of nitrogens with zero attached hydrogens (tertiary/aromatic N) is 1. The van der Waals surface area contributed by atoms with Gasteiger partial charge in [0, 0.05) is 12.0 Å². The molecule has 0 radical (unpaired) electrons. The van der Waals surface area contributed by atoms with Gasteiger partial charge in [-0.25, -0.2) is 4.79 Å². The van der Waals surface area contributed by atoms with Crippen LogP contribution in [0.5, 0.6) is 0 Å². The Balaban J connectivity index is 2.89. The third-order valence-electron chi connectivity index (χ3n) is 2.63. The largest absolute Gasteiger partial charge is 0.465 e. The maximum atomic E-state index is 11.1. The zero-order valence-electron chi connectivity index (χ0n) is 8.91. The van der Waals surface area contributed by atoms with Gasteiger partial charge >= 0.3 is 6.09 Å². The fourth-order valence-electron chi connectivity index (χ4n) is 2.02. The van der Waals surface area contributed by atoms with Crippen LogP contribution in [0.25, 0.3) is 0 Å². The summed E-state index contributed by atoms with van der Waals surface area (Å²) in [6, 6.07) is 0. The first-order valence-electron chi connectivity index (χ1n) is 4.80. The minimum atomic E-state index is -0.933. The van der Waals surface area contributed by atoms with Crippen molar-refractivity contribution in [1.82, 2.24) is 4.90 Å². The lowest BCUT2D eigenvalue weighted by atomic mass is 10.0. The molecule has 1 fully saturated rings. The minimum absolute atomic E-state index is 0.316. The van der Waals surface area contributed by atoms with E-state index in [4.69, 9.17) is 5.11 Å². The van der Waals surface area contributed by atoms with Crippen molar-refractivity contribution in [2.75, 3.05) is 0 Å². The van der Waals surface area contributed by atoms with Gasteiger partial charge in [0.05, 0.1) is 5.54 Å². The van der Waals surface area contributed by atoms with Gasteiger partial charge in [-0.05, 0) is 33.6 Å². The first-order chi connectivity index (χ1) is 6.33. The number of rotatable bonds is 3. The summed E-state index contributed by atoms with van der Waals surface area (Å²) in [7, 11) is 0. The molecule has 0 unspecified atom stereocenters. The number of hydrogen-bond donors (Lipinski definition) is 1. The molecular weight excluding hydrogens is 182 g/mol. The van der Waals surface area contributed by atoms with Crippen molar-refractivity contribution in [2.24, 2.45) is 0 Å². The Hall–Kier alpha value is -1.06. The van der Waals surface area contributed by atoms with Crippen LogP contribution in [0.2, 0.25) is 0 Å². The maximum absolute atomic E-state index is 11.1. The molecule has 0 aromatic carbocycles. The van der Waals surface area contributed by atoms with Gasteiger partial charge in [-0.1, -0.05) is 0 Å². The molecule has 14 heavy (non-hydrogen) atoms. The number of carbonyl (C=O) groups excluding carboxylic acids is 1. The fraction of sp³-hybridized carbons (Fsp3) is 0.800. The van der Waals surface area contributed by atoms with Crippen LogP contribution in [0.15, 0.2) is 0 Å². The van der Waals surface area contributed by atoms with E-state index in [9.17, 15) is 9.59 Å². The normalized spacial score (nSPS) is 18.8. The van der Waals surface area contributed by atoms with E-state index in [2.05, 4.69) is 0 Å². The average molecular weight is 199 g/mol. The molecule has 1 N–H and O–H groups in total. The molecule has 0 aromatic rings. The van der Waals surface area contributed by atoms with E-state index in [-0.39, 0.29) is 0 Å². The van der Waals surface area contributed by atoms with Gasteiger partial charge < -0.3 is 9.90 Å². The molecule has 4 nitrogen and oxygen atoms in total. The highest BCUT2D eigenvalue weighted by Gasteiger charge is 2.53. The van der Waals surface area contributed by atoms with Crippen LogP contribution in [-0.2, 0) is 4.79 Å². The van der Waals surface area contributed by atoms with E-state index < -0.39 is 17.2 Å². The van der Waals surface area contributed by atoms with Crippen LogP contribution in [0, 0.1) is 0 Å². The van der Waals surface area contributed by atoms with Gasteiger partial charge in [0.25, 0.3) is 0 Å². The minimum Gasteiger partial charge on any atom is -0.465 e. The molecule has 1 aliphatic carbocycles. The lowest BCUT2D eigenvalue weighted by molar-refractivity contribution is -0.109. The predicted molar refractivity (Wildman–Crippen MR) is 52.3 cm³/mol. The monoisotopic (exact) mass is 199 g/mol. The highest BCUT2D eigenvalue weighted by molar-refractivity contribution is 5.69. The van der Waals surface area contributed by atoms with E-state index in [0.29, 0.717) is 6.42 Å². The van der Waals surface area contributed by atoms with Crippen molar-refractivity contribution >= 4 is 12.4 Å². The summed E-state index contributed by atoms with van der Waals surface area (Å²) in [5.74, 6) is 0. The number of hydrogen-bond acceptors (Lipinski definition) is 2. The molecule has 0 heterocycles. The summed E-state index contributed by atoms with van der Waals surface area (Å²) < 4.78 is 0. The number of aldehydes is 1. The molecule has 1 rings (SSSR count). The first kappa shape index (κ1) is 11.0. The second-order valence-corrected chi connectivity index (χ2v) is 4.88. The predicted octanol–water partition coefficient (Wildman–Crippen LogP) is 1.89. The Morgan fingerprint density at radius 2 is 2.00 bits per heavy atom. The van der Waals surface area contributed by atoms with Crippen LogP contribution in [0.3, 0.4) is 0 Å². The molecule has 80 valence electrons. The number of carbonyl (C=O) groups is 2. The van der Waals surface area contributed by atoms with Gasteiger partial charge in [0.1, 0.15) is 6.29 Å². The highest BCUT2D eigenvalue weighted by atomic mass is 16.4. The molecule has 1 amide bonds. The maximum Gasteiger partial charge on any atom is 0.408 e. The molecule has 0 bridgehead atoms. The van der Waals surface area contributed by atoms with E-state index >= 15 is 0 Å². The molecule has 0 spiro atoms. The zero-order valence-corrected chi connectivity index (χ0v) is 8.91. The molecular formula is C10H17NO3. The standard InChI is InChI=1S/C10H17NO3/c1-9(2,3)11(8(13)14)10(4-5-10)6-7-12/h7H,4-6H2,1-3H3,(H,13,14). The van der Waals surface area contributed by atoms with E-state index in [1.807, 2.05) is 20.8 Å². The zero-order chi connectivity index (χ0) is 11.0. The summed E-state index contributed by atoms with van der Waals surface area (Å²) in [6.45, 7) is 5.56. The molecule has 4 heteroatoms. The number of carboxylic acid groups (broad SMARTS) is 1. The van der Waals surface area contributed by atoms with Crippen molar-refractivity contribution in [1.29, 1.82) is 0 Å². The molecule has 1 aliphatic rings. The van der Waals surface area contributed by atoms with Crippen molar-refractivity contribution in [3.63, 3.8) is 0 Å². The van der Waals surface area contributed by atoms with Crippen LogP contribution in [-0.4, -0.2) is 33.5 Å². The van der Waals surface area contributed by atoms with Gasteiger partial charge in [0.15, 0.2) is 0 Å². The third kappa shape index (κ3) is 1.89. The Bertz CT molecular complexity index is 251. The second kappa shape index (κ2) is 3.26. The molecule has 0 aromatic heterocycles. The summed E-state index contributed by atoms with van der Waals surface area (Å²) in [5.41, 5.74) is -0.850. The van der Waals surface area contributed by atoms with E-state index in [0.717, 1.165) is 19.1 Å². The summed E-state index contributed by atoms with van der Waals surface area (Å²) in [6.07, 6.45) is 1.80. The third-order valence-corrected chi connectivity index (χ3v) is 2.63. The van der Waals surface area contributed by atoms with Gasteiger partial charge in [-0.3, -0.25) is 4.90 Å². The lowest BCUT2D eigenvalue weighted by Gasteiger charge is -2.39. The Morgan fingerprint density at radius 3 is 2.21 bits per heavy atom. The quantitative estimate of drug-likeness (QED) is 0.706. The van der Waals surface area contributed by atoms with Gasteiger partial charge in [0.2, 0.25) is 0 Å². The van der Waals surface area contributed by atoms with Gasteiger partial charge in [-0.15, -0.1) is 0 Å². The van der Waals surface area contributed by atoms with Crippen molar-refractivity contribution in [3.8, 4) is 0 Å². The fourth-order valence-corrected chi connectivity index (χ4v) is 2.02. The van der Waals surface area contributed by atoms with Crippen LogP contribution < -0.4 is 0 Å².